The molecule has 1 aromatic carbocycles. The number of aromatic nitrogens is 3. The molecule has 0 aliphatic heterocycles. The quantitative estimate of drug-likeness (QED) is 0.177. The van der Waals surface area contributed by atoms with Crippen molar-refractivity contribution in [2.45, 2.75) is 82.8 Å². The lowest BCUT2D eigenvalue weighted by Crippen LogP contribution is -2.27. The minimum Gasteiger partial charge on any atom is -0.497 e. The second-order valence-electron chi connectivity index (χ2n) is 10.4. The average molecular weight is 658 g/mol. The molecule has 3 aromatic rings. The minimum absolute atomic E-state index is 0.134. The second kappa shape index (κ2) is 15.9. The van der Waals surface area contributed by atoms with E-state index in [-0.39, 0.29) is 53.1 Å². The summed E-state index contributed by atoms with van der Waals surface area (Å²) in [5.41, 5.74) is 0.996. The summed E-state index contributed by atoms with van der Waals surface area (Å²) >= 11 is 2.22. The van der Waals surface area contributed by atoms with Gasteiger partial charge in [0.1, 0.15) is 15.6 Å². The van der Waals surface area contributed by atoms with Crippen molar-refractivity contribution >= 4 is 51.9 Å². The molecule has 0 saturated heterocycles. The summed E-state index contributed by atoms with van der Waals surface area (Å²) in [5, 5.41) is 14.7. The van der Waals surface area contributed by atoms with Crippen LogP contribution in [0.5, 0.6) is 5.75 Å². The van der Waals surface area contributed by atoms with Crippen molar-refractivity contribution in [1.82, 2.24) is 20.1 Å². The first-order valence-electron chi connectivity index (χ1n) is 15.0. The van der Waals surface area contributed by atoms with E-state index in [1.165, 1.54) is 11.8 Å². The maximum absolute atomic E-state index is 13.5. The van der Waals surface area contributed by atoms with Gasteiger partial charge in [-0.05, 0) is 64.3 Å². The number of carbonyl (C=O) groups excluding carboxylic acids is 4. The summed E-state index contributed by atoms with van der Waals surface area (Å²) < 4.78 is 17.6. The SMILES string of the molecule is CCOC(=O)c1sc(NC(=O)[C@@H](C)Sc2nnc(CNC(=O)c3cccc(OC)c3)n2C2CCCCC2)c(C(=O)OCC)c1C. The number of ether oxygens (including phenoxy) is 3. The van der Waals surface area contributed by atoms with Crippen molar-refractivity contribution < 1.29 is 33.4 Å². The number of hydrogen-bond acceptors (Lipinski definition) is 11. The number of thiophene rings is 1. The molecule has 1 saturated carbocycles. The van der Waals surface area contributed by atoms with Crippen LogP contribution in [-0.2, 0) is 20.8 Å². The van der Waals surface area contributed by atoms with E-state index in [4.69, 9.17) is 14.2 Å². The van der Waals surface area contributed by atoms with Crippen LogP contribution in [0, 0.1) is 6.92 Å². The first-order chi connectivity index (χ1) is 21.7. The second-order valence-corrected chi connectivity index (χ2v) is 12.8. The minimum atomic E-state index is -0.640. The molecule has 0 spiro atoms. The highest BCUT2D eigenvalue weighted by Crippen LogP contribution is 2.37. The van der Waals surface area contributed by atoms with Crippen LogP contribution in [0.1, 0.15) is 101 Å². The molecule has 1 fully saturated rings. The van der Waals surface area contributed by atoms with E-state index in [1.54, 1.807) is 59.1 Å². The summed E-state index contributed by atoms with van der Waals surface area (Å²) in [6, 6.07) is 7.04. The van der Waals surface area contributed by atoms with Gasteiger partial charge >= 0.3 is 11.9 Å². The van der Waals surface area contributed by atoms with Gasteiger partial charge in [-0.1, -0.05) is 37.1 Å². The van der Waals surface area contributed by atoms with E-state index in [2.05, 4.69) is 20.8 Å². The molecule has 4 rings (SSSR count). The standard InChI is InChI=1S/C31H39N5O7S2/c1-6-42-29(39)24-18(3)25(30(40)43-7-2)45-28(24)33-26(37)19(4)44-31-35-34-23(36(31)21-13-9-8-10-14-21)17-32-27(38)20-12-11-15-22(16-20)41-5/h11-12,15-16,19,21H,6-10,13-14,17H2,1-5H3,(H,32,38)(H,33,37)/t19-/m1/s1. The van der Waals surface area contributed by atoms with E-state index >= 15 is 0 Å². The molecule has 0 radical (unpaired) electrons. The molecular formula is C31H39N5O7S2. The Morgan fingerprint density at radius 1 is 1.07 bits per heavy atom. The third-order valence-corrected chi connectivity index (χ3v) is 9.63. The number of thioether (sulfide) groups is 1. The smallest absolute Gasteiger partial charge is 0.348 e. The largest absolute Gasteiger partial charge is 0.497 e. The predicted molar refractivity (Wildman–Crippen MR) is 171 cm³/mol. The molecular weight excluding hydrogens is 619 g/mol. The number of rotatable bonds is 13. The zero-order valence-corrected chi connectivity index (χ0v) is 27.8. The van der Waals surface area contributed by atoms with Gasteiger partial charge in [0.05, 0.1) is 37.7 Å². The Bertz CT molecular complexity index is 1530. The number of hydrogen-bond donors (Lipinski definition) is 2. The monoisotopic (exact) mass is 657 g/mol. The van der Waals surface area contributed by atoms with E-state index in [0.717, 1.165) is 43.4 Å². The van der Waals surface area contributed by atoms with Gasteiger partial charge in [-0.3, -0.25) is 9.59 Å². The van der Waals surface area contributed by atoms with Crippen molar-refractivity contribution in [1.29, 1.82) is 0 Å². The third kappa shape index (κ3) is 8.23. The summed E-state index contributed by atoms with van der Waals surface area (Å²) in [6.45, 7) is 7.22. The zero-order valence-electron chi connectivity index (χ0n) is 26.1. The molecule has 2 aromatic heterocycles. The Morgan fingerprint density at radius 3 is 2.47 bits per heavy atom. The van der Waals surface area contributed by atoms with E-state index in [1.807, 2.05) is 4.57 Å². The molecule has 0 bridgehead atoms. The topological polar surface area (TPSA) is 151 Å². The van der Waals surface area contributed by atoms with Gasteiger partial charge in [0.2, 0.25) is 5.91 Å². The number of nitrogens with zero attached hydrogens (tertiary/aromatic N) is 3. The molecule has 1 aliphatic rings. The Labute approximate surface area is 270 Å². The Balaban J connectivity index is 1.53. The summed E-state index contributed by atoms with van der Waals surface area (Å²) in [4.78, 5) is 51.9. The lowest BCUT2D eigenvalue weighted by atomic mass is 9.95. The van der Waals surface area contributed by atoms with E-state index < -0.39 is 17.2 Å². The van der Waals surface area contributed by atoms with Crippen LogP contribution in [-0.4, -0.2) is 64.1 Å². The van der Waals surface area contributed by atoms with E-state index in [0.29, 0.717) is 27.9 Å². The molecule has 1 atom stereocenters. The number of carbonyl (C=O) groups is 4. The number of amides is 2. The van der Waals surface area contributed by atoms with Gasteiger partial charge in [0.25, 0.3) is 5.91 Å². The lowest BCUT2D eigenvalue weighted by Gasteiger charge is -2.26. The highest BCUT2D eigenvalue weighted by molar-refractivity contribution is 8.00. The van der Waals surface area contributed by atoms with Crippen LogP contribution in [0.25, 0.3) is 0 Å². The Hall–Kier alpha value is -3.91. The van der Waals surface area contributed by atoms with Crippen molar-refractivity contribution in [2.75, 3.05) is 25.6 Å². The fourth-order valence-corrected chi connectivity index (χ4v) is 7.14. The van der Waals surface area contributed by atoms with Crippen LogP contribution >= 0.6 is 23.1 Å². The number of anilines is 1. The van der Waals surface area contributed by atoms with Crippen molar-refractivity contribution in [3.8, 4) is 5.75 Å². The van der Waals surface area contributed by atoms with Crippen LogP contribution in [0.4, 0.5) is 5.00 Å². The highest BCUT2D eigenvalue weighted by Gasteiger charge is 2.30. The molecule has 2 N–H and O–H groups in total. The zero-order chi connectivity index (χ0) is 32.5. The molecule has 12 nitrogen and oxygen atoms in total. The maximum Gasteiger partial charge on any atom is 0.348 e. The van der Waals surface area contributed by atoms with E-state index in [9.17, 15) is 19.2 Å². The molecule has 0 unspecified atom stereocenters. The first kappa shape index (κ1) is 34.0. The number of methoxy groups -OCH3 is 1. The van der Waals surface area contributed by atoms with Gasteiger partial charge in [-0.25, -0.2) is 9.59 Å². The van der Waals surface area contributed by atoms with Crippen molar-refractivity contribution in [2.24, 2.45) is 0 Å². The number of esters is 2. The molecule has 14 heteroatoms. The Morgan fingerprint density at radius 2 is 1.78 bits per heavy atom. The van der Waals surface area contributed by atoms with Crippen LogP contribution in [0.15, 0.2) is 29.4 Å². The van der Waals surface area contributed by atoms with Gasteiger partial charge in [0, 0.05) is 11.6 Å². The molecule has 1 aliphatic carbocycles. The summed E-state index contributed by atoms with van der Waals surface area (Å²) in [5.74, 6) is -0.655. The lowest BCUT2D eigenvalue weighted by molar-refractivity contribution is -0.115. The van der Waals surface area contributed by atoms with Crippen LogP contribution in [0.3, 0.4) is 0 Å². The van der Waals surface area contributed by atoms with Gasteiger partial charge in [-0.2, -0.15) is 0 Å². The fourth-order valence-electron chi connectivity index (χ4n) is 5.11. The van der Waals surface area contributed by atoms with Crippen LogP contribution in [0.2, 0.25) is 0 Å². The molecule has 2 heterocycles. The van der Waals surface area contributed by atoms with Crippen molar-refractivity contribution in [3.05, 3.63) is 51.7 Å². The maximum atomic E-state index is 13.5. The average Bonchev–Trinajstić information content (AvgIpc) is 3.60. The number of nitrogens with one attached hydrogen (secondary N) is 2. The summed E-state index contributed by atoms with van der Waals surface area (Å²) in [6.07, 6.45) is 5.16. The predicted octanol–water partition coefficient (Wildman–Crippen LogP) is 5.56. The molecule has 45 heavy (non-hydrogen) atoms. The molecule has 242 valence electrons. The van der Waals surface area contributed by atoms with Crippen LogP contribution < -0.4 is 15.4 Å². The summed E-state index contributed by atoms with van der Waals surface area (Å²) in [7, 11) is 1.55. The molecule has 2 amide bonds. The highest BCUT2D eigenvalue weighted by atomic mass is 32.2. The normalized spacial score (nSPS) is 14.0. The van der Waals surface area contributed by atoms with Crippen molar-refractivity contribution in [3.63, 3.8) is 0 Å². The third-order valence-electron chi connectivity index (χ3n) is 7.39. The Kier molecular flexibility index (Phi) is 12.0. The van der Waals surface area contributed by atoms with Gasteiger partial charge < -0.3 is 29.4 Å². The van der Waals surface area contributed by atoms with Gasteiger partial charge in [-0.15, -0.1) is 21.5 Å². The number of benzene rings is 1. The fraction of sp³-hybridized carbons (Fsp3) is 0.484. The van der Waals surface area contributed by atoms with Gasteiger partial charge in [0.15, 0.2) is 11.0 Å². The first-order valence-corrected chi connectivity index (χ1v) is 16.7.